The van der Waals surface area contributed by atoms with E-state index in [2.05, 4.69) is 17.6 Å². The quantitative estimate of drug-likeness (QED) is 0.727. The molecule has 1 heterocycles. The van der Waals surface area contributed by atoms with Gasteiger partial charge in [-0.1, -0.05) is 37.3 Å². The predicted octanol–water partition coefficient (Wildman–Crippen LogP) is 1.50. The zero-order chi connectivity index (χ0) is 19.2. The standard InChI is InChI=1S/C21H29N3O3/c1-15-13-17(15)20(26)22-10-9-19(25)23-18(14-16-7-3-2-4-8-16)21(27)24-11-5-6-12-24/h2-4,7-8,15,17-18H,5-6,9-14H2,1H3,(H,22,26)(H,23,25)/t15-,17+,18-/m1/s1. The lowest BCUT2D eigenvalue weighted by Crippen LogP contribution is -2.49. The summed E-state index contributed by atoms with van der Waals surface area (Å²) in [4.78, 5) is 38.9. The summed E-state index contributed by atoms with van der Waals surface area (Å²) in [5.41, 5.74) is 1.02. The van der Waals surface area contributed by atoms with Gasteiger partial charge in [0.15, 0.2) is 0 Å². The second-order valence-electron chi connectivity index (χ2n) is 7.70. The van der Waals surface area contributed by atoms with Gasteiger partial charge in [0.1, 0.15) is 6.04 Å². The summed E-state index contributed by atoms with van der Waals surface area (Å²) in [6.07, 6.45) is 3.63. The molecular formula is C21H29N3O3. The molecule has 1 aliphatic carbocycles. The Labute approximate surface area is 160 Å². The third-order valence-electron chi connectivity index (χ3n) is 5.43. The Morgan fingerprint density at radius 1 is 1.15 bits per heavy atom. The van der Waals surface area contributed by atoms with E-state index in [4.69, 9.17) is 0 Å². The van der Waals surface area contributed by atoms with Crippen LogP contribution in [0.4, 0.5) is 0 Å². The van der Waals surface area contributed by atoms with Gasteiger partial charge in [0.05, 0.1) is 0 Å². The molecule has 6 nitrogen and oxygen atoms in total. The number of amides is 3. The third-order valence-corrected chi connectivity index (χ3v) is 5.43. The molecule has 0 radical (unpaired) electrons. The topological polar surface area (TPSA) is 78.5 Å². The number of rotatable bonds is 8. The highest BCUT2D eigenvalue weighted by Gasteiger charge is 2.38. The summed E-state index contributed by atoms with van der Waals surface area (Å²) in [7, 11) is 0. The lowest BCUT2D eigenvalue weighted by Gasteiger charge is -2.24. The van der Waals surface area contributed by atoms with Crippen molar-refractivity contribution in [2.45, 2.75) is 45.1 Å². The molecule has 27 heavy (non-hydrogen) atoms. The molecule has 1 aromatic rings. The van der Waals surface area contributed by atoms with Gasteiger partial charge < -0.3 is 15.5 Å². The molecule has 2 fully saturated rings. The summed E-state index contributed by atoms with van der Waals surface area (Å²) < 4.78 is 0. The summed E-state index contributed by atoms with van der Waals surface area (Å²) in [6, 6.07) is 9.17. The Morgan fingerprint density at radius 3 is 2.44 bits per heavy atom. The predicted molar refractivity (Wildman–Crippen MR) is 103 cm³/mol. The van der Waals surface area contributed by atoms with Gasteiger partial charge in [0, 0.05) is 38.4 Å². The molecule has 6 heteroatoms. The van der Waals surface area contributed by atoms with E-state index in [0.717, 1.165) is 37.9 Å². The molecule has 0 spiro atoms. The molecule has 3 atom stereocenters. The highest BCUT2D eigenvalue weighted by atomic mass is 16.2. The van der Waals surface area contributed by atoms with Crippen LogP contribution in [0.3, 0.4) is 0 Å². The minimum atomic E-state index is -0.558. The molecule has 1 saturated carbocycles. The fourth-order valence-electron chi connectivity index (χ4n) is 3.59. The molecule has 3 rings (SSSR count). The number of nitrogens with zero attached hydrogens (tertiary/aromatic N) is 1. The van der Waals surface area contributed by atoms with Crippen LogP contribution in [0.1, 0.15) is 38.2 Å². The number of carbonyl (C=O) groups excluding carboxylic acids is 3. The number of hydrogen-bond donors (Lipinski definition) is 2. The van der Waals surface area contributed by atoms with E-state index < -0.39 is 6.04 Å². The molecule has 0 unspecified atom stereocenters. The minimum Gasteiger partial charge on any atom is -0.355 e. The second kappa shape index (κ2) is 9.02. The number of benzene rings is 1. The first kappa shape index (κ1) is 19.4. The molecule has 146 valence electrons. The molecule has 0 bridgehead atoms. The van der Waals surface area contributed by atoms with Crippen LogP contribution >= 0.6 is 0 Å². The van der Waals surface area contributed by atoms with E-state index in [1.54, 1.807) is 0 Å². The first-order chi connectivity index (χ1) is 13.0. The number of carbonyl (C=O) groups is 3. The lowest BCUT2D eigenvalue weighted by atomic mass is 10.0. The molecular weight excluding hydrogens is 342 g/mol. The first-order valence-corrected chi connectivity index (χ1v) is 9.94. The van der Waals surface area contributed by atoms with Crippen molar-refractivity contribution < 1.29 is 14.4 Å². The van der Waals surface area contributed by atoms with E-state index in [9.17, 15) is 14.4 Å². The average Bonchev–Trinajstić information content (AvgIpc) is 3.16. The van der Waals surface area contributed by atoms with Crippen LogP contribution in [0.25, 0.3) is 0 Å². The van der Waals surface area contributed by atoms with Crippen molar-refractivity contribution in [1.82, 2.24) is 15.5 Å². The van der Waals surface area contributed by atoms with Crippen molar-refractivity contribution in [1.29, 1.82) is 0 Å². The van der Waals surface area contributed by atoms with Gasteiger partial charge in [-0.15, -0.1) is 0 Å². The van der Waals surface area contributed by atoms with Gasteiger partial charge >= 0.3 is 0 Å². The van der Waals surface area contributed by atoms with Crippen LogP contribution in [0.2, 0.25) is 0 Å². The highest BCUT2D eigenvalue weighted by Crippen LogP contribution is 2.37. The SMILES string of the molecule is C[C@@H]1C[C@@H]1C(=O)NCCC(=O)N[C@H](Cc1ccccc1)C(=O)N1CCCC1. The van der Waals surface area contributed by atoms with Crippen LogP contribution in [-0.4, -0.2) is 48.3 Å². The van der Waals surface area contributed by atoms with E-state index in [1.807, 2.05) is 35.2 Å². The zero-order valence-corrected chi connectivity index (χ0v) is 15.9. The van der Waals surface area contributed by atoms with Crippen molar-refractivity contribution in [3.8, 4) is 0 Å². The normalized spacial score (nSPS) is 22.2. The first-order valence-electron chi connectivity index (χ1n) is 9.94. The Kier molecular flexibility index (Phi) is 6.48. The van der Waals surface area contributed by atoms with Crippen molar-refractivity contribution in [3.63, 3.8) is 0 Å². The molecule has 1 aromatic carbocycles. The molecule has 1 aliphatic heterocycles. The second-order valence-corrected chi connectivity index (χ2v) is 7.70. The maximum absolute atomic E-state index is 12.8. The fourth-order valence-corrected chi connectivity index (χ4v) is 3.59. The molecule has 2 aliphatic rings. The molecule has 1 saturated heterocycles. The van der Waals surface area contributed by atoms with Gasteiger partial charge in [-0.25, -0.2) is 0 Å². The van der Waals surface area contributed by atoms with Crippen molar-refractivity contribution in [3.05, 3.63) is 35.9 Å². The molecule has 0 aromatic heterocycles. The van der Waals surface area contributed by atoms with Crippen LogP contribution in [0.15, 0.2) is 30.3 Å². The van der Waals surface area contributed by atoms with Crippen molar-refractivity contribution in [2.24, 2.45) is 11.8 Å². The maximum atomic E-state index is 12.8. The Bertz CT molecular complexity index is 671. The number of likely N-dealkylation sites (tertiary alicyclic amines) is 1. The van der Waals surface area contributed by atoms with E-state index >= 15 is 0 Å². The lowest BCUT2D eigenvalue weighted by molar-refractivity contribution is -0.135. The van der Waals surface area contributed by atoms with Gasteiger partial charge in [-0.3, -0.25) is 14.4 Å². The third kappa shape index (κ3) is 5.55. The Balaban J connectivity index is 1.52. The zero-order valence-electron chi connectivity index (χ0n) is 15.9. The van der Waals surface area contributed by atoms with Crippen molar-refractivity contribution >= 4 is 17.7 Å². The van der Waals surface area contributed by atoms with E-state index in [1.165, 1.54) is 0 Å². The monoisotopic (exact) mass is 371 g/mol. The summed E-state index contributed by atoms with van der Waals surface area (Å²) in [5, 5.41) is 5.71. The van der Waals surface area contributed by atoms with Crippen LogP contribution < -0.4 is 10.6 Å². The van der Waals surface area contributed by atoms with Gasteiger partial charge in [0.25, 0.3) is 0 Å². The minimum absolute atomic E-state index is 0.0134. The average molecular weight is 371 g/mol. The largest absolute Gasteiger partial charge is 0.355 e. The summed E-state index contributed by atoms with van der Waals surface area (Å²) >= 11 is 0. The number of hydrogen-bond acceptors (Lipinski definition) is 3. The van der Waals surface area contributed by atoms with Crippen molar-refractivity contribution in [2.75, 3.05) is 19.6 Å². The summed E-state index contributed by atoms with van der Waals surface area (Å²) in [5.74, 6) is 0.375. The van der Waals surface area contributed by atoms with E-state index in [-0.39, 0.29) is 30.1 Å². The Morgan fingerprint density at radius 2 is 1.81 bits per heavy atom. The van der Waals surface area contributed by atoms with Gasteiger partial charge in [-0.2, -0.15) is 0 Å². The van der Waals surface area contributed by atoms with Crippen LogP contribution in [0, 0.1) is 11.8 Å². The van der Waals surface area contributed by atoms with E-state index in [0.29, 0.717) is 18.9 Å². The van der Waals surface area contributed by atoms with Gasteiger partial charge in [0.2, 0.25) is 17.7 Å². The van der Waals surface area contributed by atoms with Gasteiger partial charge in [-0.05, 0) is 30.7 Å². The number of nitrogens with one attached hydrogen (secondary N) is 2. The molecule has 2 N–H and O–H groups in total. The Hall–Kier alpha value is -2.37. The fraction of sp³-hybridized carbons (Fsp3) is 0.571. The molecule has 3 amide bonds. The summed E-state index contributed by atoms with van der Waals surface area (Å²) in [6.45, 7) is 3.88. The maximum Gasteiger partial charge on any atom is 0.245 e. The smallest absolute Gasteiger partial charge is 0.245 e. The van der Waals surface area contributed by atoms with Crippen LogP contribution in [-0.2, 0) is 20.8 Å². The van der Waals surface area contributed by atoms with Crippen LogP contribution in [0.5, 0.6) is 0 Å². The highest BCUT2D eigenvalue weighted by molar-refractivity contribution is 5.88.